The third kappa shape index (κ3) is 1.87. The molecule has 1 atom stereocenters. The lowest BCUT2D eigenvalue weighted by molar-refractivity contribution is 0.732. The lowest BCUT2D eigenvalue weighted by atomic mass is 10.0. The van der Waals surface area contributed by atoms with Crippen molar-refractivity contribution in [3.8, 4) is 12.3 Å². The first kappa shape index (κ1) is 6.89. The molecule has 0 aliphatic heterocycles. The van der Waals surface area contributed by atoms with Gasteiger partial charge in [-0.2, -0.15) is 0 Å². The maximum absolute atomic E-state index is 5.23. The van der Waals surface area contributed by atoms with Crippen molar-refractivity contribution in [1.29, 1.82) is 0 Å². The topological polar surface area (TPSA) is 0 Å². The zero-order valence-electron chi connectivity index (χ0n) is 5.23. The average molecular weight is 185 g/mol. The second-order valence-corrected chi connectivity index (χ2v) is 3.42. The highest BCUT2D eigenvalue weighted by Crippen LogP contribution is 2.21. The smallest absolute Gasteiger partial charge is 0.0337 e. The van der Waals surface area contributed by atoms with E-state index in [2.05, 4.69) is 27.9 Å². The molecule has 1 rings (SSSR count). The van der Waals surface area contributed by atoms with Crippen LogP contribution in [0.3, 0.4) is 0 Å². The average Bonchev–Trinajstić information content (AvgIpc) is 1.88. The Labute approximate surface area is 64.5 Å². The zero-order valence-corrected chi connectivity index (χ0v) is 6.82. The molecule has 0 aromatic heterocycles. The largest absolute Gasteiger partial charge is 0.115 e. The molecule has 0 nitrogen and oxygen atoms in total. The SMILES string of the molecule is C#CC1=CC(Br)CCC1. The predicted molar refractivity (Wildman–Crippen MR) is 43.5 cm³/mol. The minimum Gasteiger partial charge on any atom is -0.115 e. The summed E-state index contributed by atoms with van der Waals surface area (Å²) in [5, 5.41) is 0. The summed E-state index contributed by atoms with van der Waals surface area (Å²) >= 11 is 3.50. The maximum Gasteiger partial charge on any atom is 0.0337 e. The molecule has 0 N–H and O–H groups in total. The summed E-state index contributed by atoms with van der Waals surface area (Å²) in [4.78, 5) is 0.525. The third-order valence-corrected chi connectivity index (χ3v) is 2.22. The Morgan fingerprint density at radius 3 is 3.00 bits per heavy atom. The number of rotatable bonds is 0. The molecule has 0 aromatic carbocycles. The van der Waals surface area contributed by atoms with Gasteiger partial charge < -0.3 is 0 Å². The first-order chi connectivity index (χ1) is 4.33. The Bertz CT molecular complexity index is 162. The van der Waals surface area contributed by atoms with Gasteiger partial charge in [0.25, 0.3) is 0 Å². The number of halogens is 1. The van der Waals surface area contributed by atoms with Crippen molar-refractivity contribution >= 4 is 15.9 Å². The fourth-order valence-electron chi connectivity index (χ4n) is 0.993. The minimum atomic E-state index is 0.525. The van der Waals surface area contributed by atoms with Gasteiger partial charge in [0.2, 0.25) is 0 Å². The molecule has 0 aromatic rings. The molecule has 0 saturated heterocycles. The van der Waals surface area contributed by atoms with Crippen LogP contribution < -0.4 is 0 Å². The van der Waals surface area contributed by atoms with Gasteiger partial charge in [0.1, 0.15) is 0 Å². The third-order valence-electron chi connectivity index (χ3n) is 1.49. The highest BCUT2D eigenvalue weighted by Gasteiger charge is 2.07. The van der Waals surface area contributed by atoms with Crippen molar-refractivity contribution in [3.05, 3.63) is 11.6 Å². The number of terminal acetylenes is 1. The van der Waals surface area contributed by atoms with E-state index >= 15 is 0 Å². The Kier molecular flexibility index (Phi) is 2.36. The van der Waals surface area contributed by atoms with E-state index in [1.54, 1.807) is 0 Å². The van der Waals surface area contributed by atoms with Crippen LogP contribution in [0.4, 0.5) is 0 Å². The summed E-state index contributed by atoms with van der Waals surface area (Å²) in [6.07, 6.45) is 10.9. The molecule has 0 radical (unpaired) electrons. The fourth-order valence-corrected chi connectivity index (χ4v) is 1.64. The molecule has 0 spiro atoms. The van der Waals surface area contributed by atoms with E-state index in [9.17, 15) is 0 Å². The summed E-state index contributed by atoms with van der Waals surface area (Å²) in [6, 6.07) is 0. The molecule has 0 bridgehead atoms. The number of hydrogen-bond acceptors (Lipinski definition) is 0. The van der Waals surface area contributed by atoms with Crippen LogP contribution in [0.15, 0.2) is 11.6 Å². The monoisotopic (exact) mass is 184 g/mol. The van der Waals surface area contributed by atoms with Crippen LogP contribution in [0.25, 0.3) is 0 Å². The Hall–Kier alpha value is -0.220. The van der Waals surface area contributed by atoms with Gasteiger partial charge in [-0.3, -0.25) is 0 Å². The normalized spacial score (nSPS) is 26.7. The minimum absolute atomic E-state index is 0.525. The Morgan fingerprint density at radius 2 is 2.56 bits per heavy atom. The lowest BCUT2D eigenvalue weighted by Crippen LogP contribution is -2.00. The van der Waals surface area contributed by atoms with Crippen molar-refractivity contribution in [1.82, 2.24) is 0 Å². The van der Waals surface area contributed by atoms with Crippen LogP contribution >= 0.6 is 15.9 Å². The van der Waals surface area contributed by atoms with Gasteiger partial charge in [-0.25, -0.2) is 0 Å². The number of allylic oxidation sites excluding steroid dienone is 2. The summed E-state index contributed by atoms with van der Waals surface area (Å²) in [6.45, 7) is 0. The first-order valence-corrected chi connectivity index (χ1v) is 4.06. The van der Waals surface area contributed by atoms with Crippen molar-refractivity contribution in [2.75, 3.05) is 0 Å². The van der Waals surface area contributed by atoms with Crippen molar-refractivity contribution in [2.45, 2.75) is 24.1 Å². The van der Waals surface area contributed by atoms with Gasteiger partial charge in [0.15, 0.2) is 0 Å². The van der Waals surface area contributed by atoms with Crippen LogP contribution in [0, 0.1) is 12.3 Å². The van der Waals surface area contributed by atoms with Crippen LogP contribution in [0.1, 0.15) is 19.3 Å². The van der Waals surface area contributed by atoms with Gasteiger partial charge in [-0.15, -0.1) is 6.42 Å². The molecule has 1 heteroatoms. The van der Waals surface area contributed by atoms with E-state index in [-0.39, 0.29) is 0 Å². The van der Waals surface area contributed by atoms with Crippen LogP contribution in [-0.2, 0) is 0 Å². The van der Waals surface area contributed by atoms with E-state index < -0.39 is 0 Å². The van der Waals surface area contributed by atoms with E-state index in [0.717, 1.165) is 12.0 Å². The highest BCUT2D eigenvalue weighted by molar-refractivity contribution is 9.09. The molecule has 1 unspecified atom stereocenters. The van der Waals surface area contributed by atoms with Gasteiger partial charge in [-0.05, 0) is 24.8 Å². The molecular formula is C8H9Br. The maximum atomic E-state index is 5.23. The molecule has 48 valence electrons. The molecule has 1 aliphatic rings. The van der Waals surface area contributed by atoms with Gasteiger partial charge >= 0.3 is 0 Å². The van der Waals surface area contributed by atoms with Crippen molar-refractivity contribution in [3.63, 3.8) is 0 Å². The van der Waals surface area contributed by atoms with Gasteiger partial charge in [-0.1, -0.05) is 27.9 Å². The summed E-state index contributed by atoms with van der Waals surface area (Å²) in [7, 11) is 0. The number of alkyl halides is 1. The zero-order chi connectivity index (χ0) is 6.69. The Balaban J connectivity index is 2.62. The van der Waals surface area contributed by atoms with Crippen LogP contribution in [-0.4, -0.2) is 4.83 Å². The van der Waals surface area contributed by atoms with E-state index in [0.29, 0.717) is 4.83 Å². The van der Waals surface area contributed by atoms with Gasteiger partial charge in [0.05, 0.1) is 0 Å². The first-order valence-electron chi connectivity index (χ1n) is 3.14. The fraction of sp³-hybridized carbons (Fsp3) is 0.500. The molecule has 9 heavy (non-hydrogen) atoms. The standard InChI is InChI=1S/C8H9Br/c1-2-7-4-3-5-8(9)6-7/h1,6,8H,3-5H2. The van der Waals surface area contributed by atoms with Crippen LogP contribution in [0.5, 0.6) is 0 Å². The summed E-state index contributed by atoms with van der Waals surface area (Å²) < 4.78 is 0. The lowest BCUT2D eigenvalue weighted by Gasteiger charge is -2.11. The molecule has 0 saturated carbocycles. The van der Waals surface area contributed by atoms with E-state index in [4.69, 9.17) is 6.42 Å². The molecular weight excluding hydrogens is 176 g/mol. The van der Waals surface area contributed by atoms with Crippen LogP contribution in [0.2, 0.25) is 0 Å². The van der Waals surface area contributed by atoms with Crippen molar-refractivity contribution in [2.24, 2.45) is 0 Å². The molecule has 0 amide bonds. The van der Waals surface area contributed by atoms with E-state index in [1.807, 2.05) is 0 Å². The van der Waals surface area contributed by atoms with Crippen molar-refractivity contribution < 1.29 is 0 Å². The second kappa shape index (κ2) is 3.08. The summed E-state index contributed by atoms with van der Waals surface area (Å²) in [5.41, 5.74) is 1.16. The molecule has 0 fully saturated rings. The Morgan fingerprint density at radius 1 is 1.78 bits per heavy atom. The molecule has 1 aliphatic carbocycles. The highest BCUT2D eigenvalue weighted by atomic mass is 79.9. The number of hydrogen-bond donors (Lipinski definition) is 0. The van der Waals surface area contributed by atoms with Gasteiger partial charge in [0, 0.05) is 4.83 Å². The predicted octanol–water partition coefficient (Wildman–Crippen LogP) is 2.49. The second-order valence-electron chi connectivity index (χ2n) is 2.24. The summed E-state index contributed by atoms with van der Waals surface area (Å²) in [5.74, 6) is 2.67. The quantitative estimate of drug-likeness (QED) is 0.401. The van der Waals surface area contributed by atoms with E-state index in [1.165, 1.54) is 12.8 Å². The molecule has 0 heterocycles.